The lowest BCUT2D eigenvalue weighted by Gasteiger charge is -2.10. The molecule has 2 rings (SSSR count). The van der Waals surface area contributed by atoms with Crippen LogP contribution in [-0.2, 0) is 4.74 Å². The molecule has 2 N–H and O–H groups in total. The van der Waals surface area contributed by atoms with Crippen LogP contribution in [0.5, 0.6) is 5.75 Å². The van der Waals surface area contributed by atoms with Gasteiger partial charge < -0.3 is 15.2 Å². The lowest BCUT2D eigenvalue weighted by Crippen LogP contribution is -2.04. The lowest BCUT2D eigenvalue weighted by atomic mass is 10.0. The van der Waals surface area contributed by atoms with Crippen molar-refractivity contribution in [2.75, 3.05) is 19.5 Å². The molecular weight excluding hydrogens is 254 g/mol. The minimum absolute atomic E-state index is 0.321. The fourth-order valence-electron chi connectivity index (χ4n) is 1.95. The zero-order valence-corrected chi connectivity index (χ0v) is 11.6. The summed E-state index contributed by atoms with van der Waals surface area (Å²) in [4.78, 5) is 11.6. The summed E-state index contributed by atoms with van der Waals surface area (Å²) in [6.45, 7) is 2.15. The van der Waals surface area contributed by atoms with Gasteiger partial charge in [-0.25, -0.2) is 4.79 Å². The maximum Gasteiger partial charge on any atom is 0.338 e. The van der Waals surface area contributed by atoms with Crippen molar-refractivity contribution in [3.05, 3.63) is 48.0 Å². The highest BCUT2D eigenvalue weighted by Crippen LogP contribution is 2.31. The minimum atomic E-state index is -0.321. The lowest BCUT2D eigenvalue weighted by molar-refractivity contribution is 0.0526. The van der Waals surface area contributed by atoms with Crippen LogP contribution in [0.1, 0.15) is 17.3 Å². The summed E-state index contributed by atoms with van der Waals surface area (Å²) in [5.74, 6) is 0.418. The molecular formula is C16H17NO3. The summed E-state index contributed by atoms with van der Waals surface area (Å²) < 4.78 is 10.3. The highest BCUT2D eigenvalue weighted by molar-refractivity contribution is 5.90. The molecule has 0 saturated heterocycles. The summed E-state index contributed by atoms with van der Waals surface area (Å²) in [6.07, 6.45) is 0. The molecule has 0 bridgehead atoms. The summed E-state index contributed by atoms with van der Waals surface area (Å²) in [7, 11) is 1.61. The number of esters is 1. The number of nitrogen functional groups attached to an aromatic ring is 1. The van der Waals surface area contributed by atoms with Crippen LogP contribution in [0.4, 0.5) is 5.69 Å². The summed E-state index contributed by atoms with van der Waals surface area (Å²) in [5, 5.41) is 0. The number of anilines is 1. The summed E-state index contributed by atoms with van der Waals surface area (Å²) in [6, 6.07) is 12.6. The number of ether oxygens (including phenoxy) is 2. The number of carbonyl (C=O) groups excluding carboxylic acids is 1. The fourth-order valence-corrected chi connectivity index (χ4v) is 1.95. The van der Waals surface area contributed by atoms with Gasteiger partial charge in [-0.2, -0.15) is 0 Å². The Labute approximate surface area is 118 Å². The normalized spacial score (nSPS) is 10.1. The molecule has 0 atom stereocenters. The number of methoxy groups -OCH3 is 1. The third-order valence-electron chi connectivity index (χ3n) is 2.93. The first-order valence-corrected chi connectivity index (χ1v) is 6.36. The molecule has 0 spiro atoms. The molecule has 0 fully saturated rings. The van der Waals surface area contributed by atoms with Gasteiger partial charge in [0.1, 0.15) is 5.75 Å². The monoisotopic (exact) mass is 271 g/mol. The van der Waals surface area contributed by atoms with E-state index in [-0.39, 0.29) is 5.97 Å². The number of hydrogen-bond donors (Lipinski definition) is 1. The molecule has 0 heterocycles. The number of carbonyl (C=O) groups is 1. The first kappa shape index (κ1) is 13.9. The van der Waals surface area contributed by atoms with E-state index in [0.717, 1.165) is 16.9 Å². The molecule has 2 aromatic rings. The van der Waals surface area contributed by atoms with Crippen LogP contribution in [0.2, 0.25) is 0 Å². The molecule has 2 aromatic carbocycles. The Hall–Kier alpha value is -2.49. The van der Waals surface area contributed by atoms with E-state index in [1.54, 1.807) is 32.2 Å². The van der Waals surface area contributed by atoms with Crippen LogP contribution >= 0.6 is 0 Å². The van der Waals surface area contributed by atoms with Crippen molar-refractivity contribution >= 4 is 11.7 Å². The summed E-state index contributed by atoms with van der Waals surface area (Å²) >= 11 is 0. The van der Waals surface area contributed by atoms with Crippen molar-refractivity contribution < 1.29 is 14.3 Å². The second-order valence-corrected chi connectivity index (χ2v) is 4.26. The topological polar surface area (TPSA) is 61.5 Å². The molecule has 0 radical (unpaired) electrons. The largest absolute Gasteiger partial charge is 0.496 e. The Balaban J connectivity index is 2.35. The van der Waals surface area contributed by atoms with Crippen LogP contribution in [-0.4, -0.2) is 19.7 Å². The molecule has 104 valence electrons. The zero-order chi connectivity index (χ0) is 14.5. The summed E-state index contributed by atoms with van der Waals surface area (Å²) in [5.41, 5.74) is 8.82. The Kier molecular flexibility index (Phi) is 4.25. The highest BCUT2D eigenvalue weighted by Gasteiger charge is 2.09. The van der Waals surface area contributed by atoms with Crippen LogP contribution in [0, 0.1) is 0 Å². The van der Waals surface area contributed by atoms with Gasteiger partial charge in [0.2, 0.25) is 0 Å². The third kappa shape index (κ3) is 2.91. The Morgan fingerprint density at radius 2 is 1.85 bits per heavy atom. The quantitative estimate of drug-likeness (QED) is 0.685. The Morgan fingerprint density at radius 1 is 1.15 bits per heavy atom. The van der Waals surface area contributed by atoms with Gasteiger partial charge in [0.15, 0.2) is 0 Å². The van der Waals surface area contributed by atoms with Crippen molar-refractivity contribution in [2.24, 2.45) is 0 Å². The van der Waals surface area contributed by atoms with Crippen LogP contribution < -0.4 is 10.5 Å². The Morgan fingerprint density at radius 3 is 2.45 bits per heavy atom. The predicted octanol–water partition coefficient (Wildman–Crippen LogP) is 3.12. The van der Waals surface area contributed by atoms with Crippen molar-refractivity contribution in [2.45, 2.75) is 6.92 Å². The molecule has 0 aromatic heterocycles. The average molecular weight is 271 g/mol. The highest BCUT2D eigenvalue weighted by atomic mass is 16.5. The molecule has 0 aliphatic rings. The van der Waals surface area contributed by atoms with Crippen molar-refractivity contribution in [1.82, 2.24) is 0 Å². The van der Waals surface area contributed by atoms with Crippen molar-refractivity contribution in [3.63, 3.8) is 0 Å². The van der Waals surface area contributed by atoms with Gasteiger partial charge in [-0.05, 0) is 42.8 Å². The molecule has 0 saturated carbocycles. The first-order chi connectivity index (χ1) is 9.65. The Bertz CT molecular complexity index is 606. The van der Waals surface area contributed by atoms with Crippen molar-refractivity contribution in [1.29, 1.82) is 0 Å². The number of rotatable bonds is 4. The molecule has 0 aliphatic heterocycles. The fraction of sp³-hybridized carbons (Fsp3) is 0.188. The molecule has 20 heavy (non-hydrogen) atoms. The predicted molar refractivity (Wildman–Crippen MR) is 78.8 cm³/mol. The minimum Gasteiger partial charge on any atom is -0.496 e. The van der Waals surface area contributed by atoms with E-state index >= 15 is 0 Å². The van der Waals surface area contributed by atoms with E-state index in [4.69, 9.17) is 15.2 Å². The smallest absolute Gasteiger partial charge is 0.338 e. The SMILES string of the molecule is CCOC(=O)c1ccc(-c2cc(N)ccc2OC)cc1. The molecule has 4 nitrogen and oxygen atoms in total. The van der Waals surface area contributed by atoms with Gasteiger partial charge >= 0.3 is 5.97 Å². The third-order valence-corrected chi connectivity index (χ3v) is 2.93. The van der Waals surface area contributed by atoms with Gasteiger partial charge in [0.05, 0.1) is 19.3 Å². The number of hydrogen-bond acceptors (Lipinski definition) is 4. The standard InChI is InChI=1S/C16H17NO3/c1-3-20-16(18)12-6-4-11(5-7-12)14-10-13(17)8-9-15(14)19-2/h4-10H,3,17H2,1-2H3. The average Bonchev–Trinajstić information content (AvgIpc) is 2.47. The van der Waals surface area contributed by atoms with E-state index in [0.29, 0.717) is 17.9 Å². The van der Waals surface area contributed by atoms with Gasteiger partial charge in [0, 0.05) is 11.3 Å². The number of nitrogens with two attached hydrogens (primary N) is 1. The van der Waals surface area contributed by atoms with E-state index in [1.165, 1.54) is 0 Å². The van der Waals surface area contributed by atoms with Crippen LogP contribution in [0.3, 0.4) is 0 Å². The molecule has 0 unspecified atom stereocenters. The van der Waals surface area contributed by atoms with E-state index in [9.17, 15) is 4.79 Å². The number of benzene rings is 2. The zero-order valence-electron chi connectivity index (χ0n) is 11.6. The second kappa shape index (κ2) is 6.10. The van der Waals surface area contributed by atoms with Gasteiger partial charge in [-0.1, -0.05) is 12.1 Å². The maximum absolute atomic E-state index is 11.6. The van der Waals surface area contributed by atoms with Gasteiger partial charge in [-0.3, -0.25) is 0 Å². The molecule has 0 amide bonds. The molecule has 0 aliphatic carbocycles. The maximum atomic E-state index is 11.6. The van der Waals surface area contributed by atoms with E-state index < -0.39 is 0 Å². The van der Waals surface area contributed by atoms with E-state index in [2.05, 4.69) is 0 Å². The van der Waals surface area contributed by atoms with E-state index in [1.807, 2.05) is 24.3 Å². The van der Waals surface area contributed by atoms with Crippen molar-refractivity contribution in [3.8, 4) is 16.9 Å². The molecule has 4 heteroatoms. The van der Waals surface area contributed by atoms with Crippen LogP contribution in [0.15, 0.2) is 42.5 Å². The first-order valence-electron chi connectivity index (χ1n) is 6.36. The van der Waals surface area contributed by atoms with Gasteiger partial charge in [-0.15, -0.1) is 0 Å². The van der Waals surface area contributed by atoms with Crippen LogP contribution in [0.25, 0.3) is 11.1 Å². The van der Waals surface area contributed by atoms with Gasteiger partial charge in [0.25, 0.3) is 0 Å². The second-order valence-electron chi connectivity index (χ2n) is 4.26.